The molecule has 0 aliphatic heterocycles. The molecule has 0 saturated heterocycles. The summed E-state index contributed by atoms with van der Waals surface area (Å²) in [5.41, 5.74) is 5.30. The zero-order chi connectivity index (χ0) is 7.19. The van der Waals surface area contributed by atoms with Gasteiger partial charge in [-0.25, -0.2) is 0 Å². The average molecular weight is 134 g/mol. The number of fused-ring (bicyclic) bond motifs is 2. The number of nitriles is 1. The molecule has 2 aliphatic carbocycles. The van der Waals surface area contributed by atoms with Crippen molar-refractivity contribution in [3.05, 3.63) is 12.2 Å². The van der Waals surface area contributed by atoms with Crippen LogP contribution in [0.5, 0.6) is 0 Å². The highest BCUT2D eigenvalue weighted by Crippen LogP contribution is 2.44. The van der Waals surface area contributed by atoms with Crippen LogP contribution in [-0.4, -0.2) is 5.54 Å². The monoisotopic (exact) mass is 134 g/mol. The second-order valence-electron chi connectivity index (χ2n) is 3.34. The predicted octanol–water partition coefficient (Wildman–Crippen LogP) is 0.803. The van der Waals surface area contributed by atoms with Gasteiger partial charge in [0.05, 0.1) is 6.07 Å². The number of nitrogens with zero attached hydrogens (tertiary/aromatic N) is 1. The van der Waals surface area contributed by atoms with E-state index in [9.17, 15) is 0 Å². The molecular formula is C8H10N2. The van der Waals surface area contributed by atoms with Crippen molar-refractivity contribution >= 4 is 0 Å². The molecule has 0 heterocycles. The first-order valence-electron chi connectivity index (χ1n) is 3.63. The van der Waals surface area contributed by atoms with Crippen LogP contribution in [0.15, 0.2) is 12.2 Å². The number of hydrogen-bond donors (Lipinski definition) is 1. The third-order valence-electron chi connectivity index (χ3n) is 2.64. The molecule has 0 amide bonds. The average Bonchev–Trinajstić information content (AvgIpc) is 2.46. The van der Waals surface area contributed by atoms with Crippen molar-refractivity contribution in [1.82, 2.24) is 0 Å². The second kappa shape index (κ2) is 1.62. The molecule has 0 aromatic rings. The van der Waals surface area contributed by atoms with Gasteiger partial charge in [0.2, 0.25) is 0 Å². The molecule has 0 unspecified atom stereocenters. The predicted molar refractivity (Wildman–Crippen MR) is 37.9 cm³/mol. The summed E-state index contributed by atoms with van der Waals surface area (Å²) in [4.78, 5) is 0. The summed E-state index contributed by atoms with van der Waals surface area (Å²) in [6.45, 7) is 0. The van der Waals surface area contributed by atoms with Crippen LogP contribution < -0.4 is 5.73 Å². The standard InChI is InChI=1S/C8H10N2/c9-5-8(10)4-6-1-2-7(8)3-6/h1-2,6-7H,3-4,10H2/t6-,7+,8+/m1/s1. The number of hydrogen-bond acceptors (Lipinski definition) is 2. The highest BCUT2D eigenvalue weighted by molar-refractivity contribution is 5.25. The minimum atomic E-state index is -0.528. The fraction of sp³-hybridized carbons (Fsp3) is 0.625. The van der Waals surface area contributed by atoms with Gasteiger partial charge in [-0.15, -0.1) is 0 Å². The summed E-state index contributed by atoms with van der Waals surface area (Å²) in [7, 11) is 0. The van der Waals surface area contributed by atoms with Gasteiger partial charge in [-0.3, -0.25) is 0 Å². The zero-order valence-electron chi connectivity index (χ0n) is 5.75. The normalized spacial score (nSPS) is 49.6. The molecule has 1 fully saturated rings. The van der Waals surface area contributed by atoms with E-state index in [1.807, 2.05) is 0 Å². The topological polar surface area (TPSA) is 49.8 Å². The largest absolute Gasteiger partial charge is 0.313 e. The third kappa shape index (κ3) is 0.559. The first kappa shape index (κ1) is 5.94. The van der Waals surface area contributed by atoms with Gasteiger partial charge in [-0.2, -0.15) is 5.26 Å². The Hall–Kier alpha value is -0.810. The van der Waals surface area contributed by atoms with E-state index < -0.39 is 5.54 Å². The van der Waals surface area contributed by atoms with E-state index in [0.29, 0.717) is 11.8 Å². The lowest BCUT2D eigenvalue weighted by atomic mass is 9.87. The van der Waals surface area contributed by atoms with Crippen LogP contribution in [0.25, 0.3) is 0 Å². The zero-order valence-corrected chi connectivity index (χ0v) is 5.75. The maximum atomic E-state index is 8.74. The molecule has 0 aromatic heterocycles. The van der Waals surface area contributed by atoms with Crippen LogP contribution in [0.1, 0.15) is 12.8 Å². The molecule has 2 rings (SSSR count). The van der Waals surface area contributed by atoms with Crippen LogP contribution in [0, 0.1) is 23.2 Å². The molecule has 0 aromatic carbocycles. The Kier molecular flexibility index (Phi) is 0.959. The van der Waals surface area contributed by atoms with E-state index in [4.69, 9.17) is 11.0 Å². The second-order valence-corrected chi connectivity index (χ2v) is 3.34. The minimum Gasteiger partial charge on any atom is -0.313 e. The van der Waals surface area contributed by atoms with Crippen molar-refractivity contribution < 1.29 is 0 Å². The minimum absolute atomic E-state index is 0.336. The van der Waals surface area contributed by atoms with Gasteiger partial charge in [0.25, 0.3) is 0 Å². The number of nitrogens with two attached hydrogens (primary N) is 1. The summed E-state index contributed by atoms with van der Waals surface area (Å²) in [6.07, 6.45) is 6.25. The van der Waals surface area contributed by atoms with Crippen LogP contribution in [0.2, 0.25) is 0 Å². The first-order chi connectivity index (χ1) is 4.74. The lowest BCUT2D eigenvalue weighted by Crippen LogP contribution is -2.41. The van der Waals surface area contributed by atoms with E-state index in [-0.39, 0.29) is 0 Å². The van der Waals surface area contributed by atoms with Gasteiger partial charge in [-0.1, -0.05) is 12.2 Å². The van der Waals surface area contributed by atoms with Crippen molar-refractivity contribution in [3.63, 3.8) is 0 Å². The van der Waals surface area contributed by atoms with E-state index >= 15 is 0 Å². The highest BCUT2D eigenvalue weighted by Gasteiger charge is 2.45. The molecule has 2 heteroatoms. The summed E-state index contributed by atoms with van der Waals surface area (Å²) < 4.78 is 0. The van der Waals surface area contributed by atoms with Gasteiger partial charge in [-0.05, 0) is 18.8 Å². The smallest absolute Gasteiger partial charge is 0.111 e. The van der Waals surface area contributed by atoms with Crippen molar-refractivity contribution in [2.24, 2.45) is 17.6 Å². The molecule has 52 valence electrons. The van der Waals surface area contributed by atoms with Gasteiger partial charge in [0.15, 0.2) is 0 Å². The number of allylic oxidation sites excluding steroid dienone is 1. The Morgan fingerprint density at radius 1 is 1.60 bits per heavy atom. The van der Waals surface area contributed by atoms with Crippen molar-refractivity contribution in [2.45, 2.75) is 18.4 Å². The summed E-state index contributed by atoms with van der Waals surface area (Å²) in [5.74, 6) is 0.928. The third-order valence-corrected chi connectivity index (χ3v) is 2.64. The van der Waals surface area contributed by atoms with E-state index in [2.05, 4.69) is 18.2 Å². The number of rotatable bonds is 0. The van der Waals surface area contributed by atoms with Gasteiger partial charge < -0.3 is 5.73 Å². The van der Waals surface area contributed by atoms with Gasteiger partial charge in [0, 0.05) is 5.92 Å². The van der Waals surface area contributed by atoms with Crippen molar-refractivity contribution in [1.29, 1.82) is 5.26 Å². The lowest BCUT2D eigenvalue weighted by molar-refractivity contribution is 0.460. The fourth-order valence-electron chi connectivity index (χ4n) is 2.02. The van der Waals surface area contributed by atoms with Crippen LogP contribution in [0.4, 0.5) is 0 Å². The fourth-order valence-corrected chi connectivity index (χ4v) is 2.02. The van der Waals surface area contributed by atoms with Crippen LogP contribution in [0.3, 0.4) is 0 Å². The van der Waals surface area contributed by atoms with E-state index in [0.717, 1.165) is 12.8 Å². The molecule has 1 saturated carbocycles. The molecule has 0 radical (unpaired) electrons. The van der Waals surface area contributed by atoms with Crippen molar-refractivity contribution in [2.75, 3.05) is 0 Å². The molecule has 3 atom stereocenters. The Bertz CT molecular complexity index is 226. The quantitative estimate of drug-likeness (QED) is 0.498. The summed E-state index contributed by atoms with van der Waals surface area (Å²) >= 11 is 0. The van der Waals surface area contributed by atoms with Gasteiger partial charge in [0.1, 0.15) is 5.54 Å². The highest BCUT2D eigenvalue weighted by atomic mass is 14.8. The molecule has 2 aliphatic rings. The lowest BCUT2D eigenvalue weighted by Gasteiger charge is -2.22. The van der Waals surface area contributed by atoms with Crippen LogP contribution in [-0.2, 0) is 0 Å². The molecular weight excluding hydrogens is 124 g/mol. The first-order valence-corrected chi connectivity index (χ1v) is 3.63. The molecule has 0 spiro atoms. The molecule has 2 bridgehead atoms. The molecule has 2 N–H and O–H groups in total. The SMILES string of the molecule is N#C[C@@]1(N)C[C@@H]2C=C[C@H]1C2. The Morgan fingerprint density at radius 2 is 2.40 bits per heavy atom. The molecule has 10 heavy (non-hydrogen) atoms. The maximum absolute atomic E-state index is 8.74. The van der Waals surface area contributed by atoms with Gasteiger partial charge >= 0.3 is 0 Å². The van der Waals surface area contributed by atoms with Crippen LogP contribution >= 0.6 is 0 Å². The Morgan fingerprint density at radius 3 is 2.70 bits per heavy atom. The Labute approximate surface area is 60.3 Å². The summed E-state index contributed by atoms with van der Waals surface area (Å²) in [5, 5.41) is 8.74. The maximum Gasteiger partial charge on any atom is 0.111 e. The van der Waals surface area contributed by atoms with E-state index in [1.54, 1.807) is 0 Å². The Balaban J connectivity index is 2.33. The molecule has 2 nitrogen and oxygen atoms in total. The van der Waals surface area contributed by atoms with Crippen molar-refractivity contribution in [3.8, 4) is 6.07 Å². The summed E-state index contributed by atoms with van der Waals surface area (Å²) in [6, 6.07) is 2.20. The van der Waals surface area contributed by atoms with E-state index in [1.165, 1.54) is 0 Å².